The maximum atomic E-state index is 5.91. The molecule has 0 aromatic heterocycles. The van der Waals surface area contributed by atoms with Gasteiger partial charge >= 0.3 is 6.16 Å². The summed E-state index contributed by atoms with van der Waals surface area (Å²) in [7, 11) is 0. The highest BCUT2D eigenvalue weighted by molar-refractivity contribution is 5.49. The van der Waals surface area contributed by atoms with E-state index in [0.29, 0.717) is 34.8 Å². The summed E-state index contributed by atoms with van der Waals surface area (Å²) in [4.78, 5) is 0. The summed E-state index contributed by atoms with van der Waals surface area (Å²) in [6.07, 6.45) is 0.450. The molecule has 0 bridgehead atoms. The lowest BCUT2D eigenvalue weighted by Gasteiger charge is -2.17. The molecule has 0 saturated heterocycles. The van der Waals surface area contributed by atoms with Gasteiger partial charge in [-0.1, -0.05) is 39.8 Å². The molecule has 2 aliphatic heterocycles. The molecule has 132 valence electrons. The molecule has 0 aliphatic carbocycles. The molecule has 2 aromatic rings. The largest absolute Gasteiger partial charge is 0.611 e. The fourth-order valence-electron chi connectivity index (χ4n) is 3.29. The topological polar surface area (TPSA) is 36.9 Å². The van der Waals surface area contributed by atoms with Gasteiger partial charge < -0.3 is 18.9 Å². The minimum absolute atomic E-state index is 0.581. The Morgan fingerprint density at radius 3 is 1.44 bits per heavy atom. The first-order chi connectivity index (χ1) is 11.9. The Labute approximate surface area is 148 Å². The average Bonchev–Trinajstić information content (AvgIpc) is 3.03. The minimum Gasteiger partial charge on any atom is -0.382 e. The van der Waals surface area contributed by atoms with Crippen molar-refractivity contribution in [1.29, 1.82) is 0 Å². The third-order valence-electron chi connectivity index (χ3n) is 4.24. The molecule has 2 heterocycles. The molecule has 0 amide bonds. The van der Waals surface area contributed by atoms with Gasteiger partial charge in [-0.15, -0.1) is 0 Å². The SMILES string of the molecule is CC(C)Cc1ccc2c(c1)OC1(O2)Oc2ccc(CC(C)C)cc2O1. The van der Waals surface area contributed by atoms with E-state index in [0.717, 1.165) is 12.8 Å². The van der Waals surface area contributed by atoms with Gasteiger partial charge in [0.15, 0.2) is 23.0 Å². The summed E-state index contributed by atoms with van der Waals surface area (Å²) in [6, 6.07) is 12.0. The molecule has 0 atom stereocenters. The van der Waals surface area contributed by atoms with Crippen molar-refractivity contribution in [2.45, 2.75) is 46.7 Å². The van der Waals surface area contributed by atoms with Crippen molar-refractivity contribution < 1.29 is 18.9 Å². The number of ether oxygens (including phenoxy) is 4. The van der Waals surface area contributed by atoms with Crippen LogP contribution >= 0.6 is 0 Å². The van der Waals surface area contributed by atoms with Crippen LogP contribution in [0.3, 0.4) is 0 Å². The molecule has 0 radical (unpaired) electrons. The van der Waals surface area contributed by atoms with E-state index in [1.165, 1.54) is 11.1 Å². The van der Waals surface area contributed by atoms with Gasteiger partial charge in [-0.25, -0.2) is 0 Å². The zero-order chi connectivity index (χ0) is 17.6. The van der Waals surface area contributed by atoms with Crippen molar-refractivity contribution in [1.82, 2.24) is 0 Å². The van der Waals surface area contributed by atoms with Crippen molar-refractivity contribution in [2.24, 2.45) is 11.8 Å². The number of rotatable bonds is 4. The van der Waals surface area contributed by atoms with Crippen LogP contribution in [0.2, 0.25) is 0 Å². The van der Waals surface area contributed by atoms with Crippen LogP contribution in [-0.2, 0) is 12.8 Å². The minimum atomic E-state index is -1.53. The van der Waals surface area contributed by atoms with Crippen molar-refractivity contribution in [2.75, 3.05) is 0 Å². The number of benzene rings is 2. The third kappa shape index (κ3) is 3.13. The quantitative estimate of drug-likeness (QED) is 0.790. The Morgan fingerprint density at radius 1 is 0.640 bits per heavy atom. The lowest BCUT2D eigenvalue weighted by atomic mass is 10.0. The van der Waals surface area contributed by atoms with Gasteiger partial charge in [-0.2, -0.15) is 0 Å². The molecule has 4 nitrogen and oxygen atoms in total. The van der Waals surface area contributed by atoms with Crippen molar-refractivity contribution in [3.63, 3.8) is 0 Å². The molecule has 0 fully saturated rings. The summed E-state index contributed by atoms with van der Waals surface area (Å²) >= 11 is 0. The summed E-state index contributed by atoms with van der Waals surface area (Å²) < 4.78 is 23.5. The number of hydrogen-bond donors (Lipinski definition) is 0. The smallest absolute Gasteiger partial charge is 0.382 e. The monoisotopic (exact) mass is 340 g/mol. The highest BCUT2D eigenvalue weighted by Gasteiger charge is 2.54. The Hall–Kier alpha value is -2.36. The molecule has 0 N–H and O–H groups in total. The van der Waals surface area contributed by atoms with Crippen molar-refractivity contribution in [3.8, 4) is 23.0 Å². The van der Waals surface area contributed by atoms with Gasteiger partial charge in [0.05, 0.1) is 0 Å². The second-order valence-corrected chi connectivity index (χ2v) is 7.67. The second-order valence-electron chi connectivity index (χ2n) is 7.67. The molecule has 2 aliphatic rings. The predicted octanol–water partition coefficient (Wildman–Crippen LogP) is 4.94. The molecule has 4 heteroatoms. The van der Waals surface area contributed by atoms with Crippen molar-refractivity contribution in [3.05, 3.63) is 47.5 Å². The van der Waals surface area contributed by atoms with Gasteiger partial charge in [0, 0.05) is 0 Å². The van der Waals surface area contributed by atoms with Crippen LogP contribution in [0.4, 0.5) is 0 Å². The van der Waals surface area contributed by atoms with E-state index in [2.05, 4.69) is 39.8 Å². The van der Waals surface area contributed by atoms with Crippen LogP contribution in [0.15, 0.2) is 36.4 Å². The predicted molar refractivity (Wildman–Crippen MR) is 95.2 cm³/mol. The summed E-state index contributed by atoms with van der Waals surface area (Å²) in [5.74, 6) is 3.76. The van der Waals surface area contributed by atoms with Crippen LogP contribution in [0.25, 0.3) is 0 Å². The van der Waals surface area contributed by atoms with Crippen molar-refractivity contribution >= 4 is 0 Å². The van der Waals surface area contributed by atoms with E-state index < -0.39 is 6.16 Å². The number of hydrogen-bond acceptors (Lipinski definition) is 4. The Kier molecular flexibility index (Phi) is 3.78. The molecule has 1 spiro atoms. The first-order valence-corrected chi connectivity index (χ1v) is 8.94. The fourth-order valence-corrected chi connectivity index (χ4v) is 3.29. The zero-order valence-corrected chi connectivity index (χ0v) is 15.2. The lowest BCUT2D eigenvalue weighted by Crippen LogP contribution is -2.47. The maximum absolute atomic E-state index is 5.91. The first kappa shape index (κ1) is 16.1. The molecule has 2 aromatic carbocycles. The number of fused-ring (bicyclic) bond motifs is 2. The highest BCUT2D eigenvalue weighted by Crippen LogP contribution is 2.48. The van der Waals surface area contributed by atoms with Crippen LogP contribution in [0, 0.1) is 11.8 Å². The zero-order valence-electron chi connectivity index (χ0n) is 15.2. The lowest BCUT2D eigenvalue weighted by molar-refractivity contribution is -0.330. The summed E-state index contributed by atoms with van der Waals surface area (Å²) in [6.45, 7) is 8.78. The van der Waals surface area contributed by atoms with Gasteiger partial charge in [-0.3, -0.25) is 0 Å². The molecular weight excluding hydrogens is 316 g/mol. The summed E-state index contributed by atoms with van der Waals surface area (Å²) in [5, 5.41) is 0. The fraction of sp³-hybridized carbons (Fsp3) is 0.429. The molecular formula is C21H24O4. The Morgan fingerprint density at radius 2 is 1.04 bits per heavy atom. The molecule has 0 saturated carbocycles. The van der Waals surface area contributed by atoms with E-state index in [1.807, 2.05) is 24.3 Å². The van der Waals surface area contributed by atoms with E-state index in [4.69, 9.17) is 18.9 Å². The first-order valence-electron chi connectivity index (χ1n) is 8.94. The second kappa shape index (κ2) is 5.87. The maximum Gasteiger partial charge on any atom is 0.611 e. The van der Waals surface area contributed by atoms with Crippen LogP contribution in [0.5, 0.6) is 23.0 Å². The van der Waals surface area contributed by atoms with E-state index in [-0.39, 0.29) is 0 Å². The van der Waals surface area contributed by atoms with E-state index >= 15 is 0 Å². The normalized spacial score (nSPS) is 16.2. The van der Waals surface area contributed by atoms with E-state index in [1.54, 1.807) is 0 Å². The average molecular weight is 340 g/mol. The third-order valence-corrected chi connectivity index (χ3v) is 4.24. The van der Waals surface area contributed by atoms with Crippen LogP contribution < -0.4 is 18.9 Å². The van der Waals surface area contributed by atoms with E-state index in [9.17, 15) is 0 Å². The molecule has 25 heavy (non-hydrogen) atoms. The van der Waals surface area contributed by atoms with Gasteiger partial charge in [-0.05, 0) is 60.1 Å². The highest BCUT2D eigenvalue weighted by atomic mass is 17.0. The van der Waals surface area contributed by atoms with Gasteiger partial charge in [0.1, 0.15) is 0 Å². The van der Waals surface area contributed by atoms with Gasteiger partial charge in [0.2, 0.25) is 0 Å². The molecule has 0 unspecified atom stereocenters. The van der Waals surface area contributed by atoms with Crippen LogP contribution in [-0.4, -0.2) is 6.16 Å². The standard InChI is InChI=1S/C21H24O4/c1-13(2)9-15-5-7-17-19(11-15)24-21(22-17)23-18-8-6-16(10-14(3)4)12-20(18)25-21/h5-8,11-14H,9-10H2,1-4H3. The summed E-state index contributed by atoms with van der Waals surface area (Å²) in [5.41, 5.74) is 2.42. The van der Waals surface area contributed by atoms with Crippen LogP contribution in [0.1, 0.15) is 38.8 Å². The Bertz CT molecular complexity index is 727. The molecule has 4 rings (SSSR count). The van der Waals surface area contributed by atoms with Gasteiger partial charge in [0.25, 0.3) is 0 Å². The Balaban J connectivity index is 1.54.